The number of alkyl halides is 3. The van der Waals surface area contributed by atoms with Crippen LogP contribution in [0, 0.1) is 0 Å². The van der Waals surface area contributed by atoms with Crippen LogP contribution in [0.2, 0.25) is 0 Å². The Balaban J connectivity index is 0.00000392. The van der Waals surface area contributed by atoms with Gasteiger partial charge in [-0.15, -0.1) is 24.0 Å². The SMILES string of the molecule is CN=C(NCc1ccc(COCC(F)(F)F)cc1)NCC(C)c1ccsc1.I. The molecular formula is C19H25F3IN3OS. The quantitative estimate of drug-likeness (QED) is 0.291. The average Bonchev–Trinajstić information content (AvgIpc) is 3.16. The molecule has 9 heteroatoms. The summed E-state index contributed by atoms with van der Waals surface area (Å²) in [4.78, 5) is 4.21. The molecule has 0 amide bonds. The number of halogens is 4. The van der Waals surface area contributed by atoms with Gasteiger partial charge in [0.05, 0.1) is 6.61 Å². The third kappa shape index (κ3) is 9.24. The first-order valence-corrected chi connectivity index (χ1v) is 9.50. The van der Waals surface area contributed by atoms with Crippen molar-refractivity contribution in [3.8, 4) is 0 Å². The van der Waals surface area contributed by atoms with Crippen LogP contribution in [0.5, 0.6) is 0 Å². The smallest absolute Gasteiger partial charge is 0.367 e. The first-order chi connectivity index (χ1) is 12.9. The van der Waals surface area contributed by atoms with Crippen molar-refractivity contribution in [3.63, 3.8) is 0 Å². The van der Waals surface area contributed by atoms with Crippen molar-refractivity contribution in [2.75, 3.05) is 20.2 Å². The molecule has 0 bridgehead atoms. The van der Waals surface area contributed by atoms with Gasteiger partial charge in [0, 0.05) is 20.1 Å². The summed E-state index contributed by atoms with van der Waals surface area (Å²) in [5.41, 5.74) is 3.00. The van der Waals surface area contributed by atoms with Crippen molar-refractivity contribution in [3.05, 3.63) is 57.8 Å². The first-order valence-electron chi connectivity index (χ1n) is 8.56. The lowest BCUT2D eigenvalue weighted by Crippen LogP contribution is -2.38. The highest BCUT2D eigenvalue weighted by Gasteiger charge is 2.27. The summed E-state index contributed by atoms with van der Waals surface area (Å²) in [7, 11) is 1.71. The molecule has 0 aliphatic heterocycles. The largest absolute Gasteiger partial charge is 0.411 e. The second kappa shape index (κ2) is 12.3. The Bertz CT molecular complexity index is 706. The molecule has 2 rings (SSSR count). The number of guanidine groups is 1. The van der Waals surface area contributed by atoms with E-state index in [1.807, 2.05) is 12.1 Å². The van der Waals surface area contributed by atoms with Gasteiger partial charge in [0.15, 0.2) is 5.96 Å². The van der Waals surface area contributed by atoms with E-state index in [0.29, 0.717) is 24.0 Å². The minimum Gasteiger partial charge on any atom is -0.367 e. The number of ether oxygens (including phenoxy) is 1. The lowest BCUT2D eigenvalue weighted by molar-refractivity contribution is -0.176. The van der Waals surface area contributed by atoms with Gasteiger partial charge in [0.1, 0.15) is 6.61 Å². The minimum atomic E-state index is -4.30. The van der Waals surface area contributed by atoms with Gasteiger partial charge in [-0.2, -0.15) is 24.5 Å². The molecule has 1 aromatic heterocycles. The van der Waals surface area contributed by atoms with Gasteiger partial charge >= 0.3 is 6.18 Å². The Kier molecular flexibility index (Phi) is 10.8. The van der Waals surface area contributed by atoms with E-state index in [-0.39, 0.29) is 30.6 Å². The molecule has 28 heavy (non-hydrogen) atoms. The standard InChI is InChI=1S/C19H24F3N3OS.HI/c1-14(17-7-8-27-12-17)9-24-18(23-2)25-10-15-3-5-16(6-4-15)11-26-13-19(20,21)22;/h3-8,12,14H,9-11,13H2,1-2H3,(H2,23,24,25);1H. The highest BCUT2D eigenvalue weighted by atomic mass is 127. The zero-order chi connectivity index (χ0) is 19.7. The molecule has 2 aromatic rings. The second-order valence-corrected chi connectivity index (χ2v) is 6.97. The van der Waals surface area contributed by atoms with Crippen LogP contribution in [0.15, 0.2) is 46.1 Å². The fourth-order valence-corrected chi connectivity index (χ4v) is 3.15. The van der Waals surface area contributed by atoms with E-state index in [1.165, 1.54) is 5.56 Å². The van der Waals surface area contributed by atoms with Gasteiger partial charge in [0.25, 0.3) is 0 Å². The summed E-state index contributed by atoms with van der Waals surface area (Å²) in [5, 5.41) is 10.7. The maximum absolute atomic E-state index is 12.1. The number of thiophene rings is 1. The summed E-state index contributed by atoms with van der Waals surface area (Å²) in [6.45, 7) is 2.20. The molecule has 1 aromatic carbocycles. The molecule has 4 nitrogen and oxygen atoms in total. The van der Waals surface area contributed by atoms with Crippen LogP contribution in [-0.4, -0.2) is 32.3 Å². The Labute approximate surface area is 184 Å². The monoisotopic (exact) mass is 527 g/mol. The lowest BCUT2D eigenvalue weighted by Gasteiger charge is -2.15. The number of hydrogen-bond acceptors (Lipinski definition) is 3. The highest BCUT2D eigenvalue weighted by Crippen LogP contribution is 2.17. The molecule has 0 aliphatic carbocycles. The van der Waals surface area contributed by atoms with Crippen LogP contribution in [0.4, 0.5) is 13.2 Å². The Morgan fingerprint density at radius 3 is 2.39 bits per heavy atom. The number of benzene rings is 1. The van der Waals surface area contributed by atoms with Crippen molar-refractivity contribution < 1.29 is 17.9 Å². The minimum absolute atomic E-state index is 0. The molecule has 0 fully saturated rings. The zero-order valence-electron chi connectivity index (χ0n) is 15.8. The fraction of sp³-hybridized carbons (Fsp3) is 0.421. The number of aliphatic imine (C=N–C) groups is 1. The lowest BCUT2D eigenvalue weighted by atomic mass is 10.1. The predicted molar refractivity (Wildman–Crippen MR) is 119 cm³/mol. The summed E-state index contributed by atoms with van der Waals surface area (Å²) >= 11 is 1.68. The van der Waals surface area contributed by atoms with E-state index in [2.05, 4.69) is 44.1 Å². The summed E-state index contributed by atoms with van der Waals surface area (Å²) in [5.74, 6) is 1.08. The average molecular weight is 527 g/mol. The molecule has 0 spiro atoms. The molecule has 0 radical (unpaired) electrons. The van der Waals surface area contributed by atoms with Crippen LogP contribution in [-0.2, 0) is 17.9 Å². The molecule has 1 heterocycles. The Morgan fingerprint density at radius 1 is 1.14 bits per heavy atom. The number of rotatable bonds is 8. The first kappa shape index (κ1) is 24.7. The van der Waals surface area contributed by atoms with Gasteiger partial charge in [-0.1, -0.05) is 31.2 Å². The predicted octanol–water partition coefficient (Wildman–Crippen LogP) is 4.91. The van der Waals surface area contributed by atoms with E-state index in [4.69, 9.17) is 0 Å². The highest BCUT2D eigenvalue weighted by molar-refractivity contribution is 14.0. The molecule has 0 saturated heterocycles. The van der Waals surface area contributed by atoms with Crippen molar-refractivity contribution in [2.24, 2.45) is 4.99 Å². The third-order valence-corrected chi connectivity index (χ3v) is 4.63. The van der Waals surface area contributed by atoms with E-state index in [1.54, 1.807) is 30.5 Å². The Hall–Kier alpha value is -1.33. The fourth-order valence-electron chi connectivity index (χ4n) is 2.37. The van der Waals surface area contributed by atoms with Crippen LogP contribution >= 0.6 is 35.3 Å². The van der Waals surface area contributed by atoms with E-state index < -0.39 is 12.8 Å². The molecule has 1 unspecified atom stereocenters. The topological polar surface area (TPSA) is 45.7 Å². The van der Waals surface area contributed by atoms with Crippen LogP contribution in [0.25, 0.3) is 0 Å². The van der Waals surface area contributed by atoms with E-state index in [0.717, 1.165) is 12.1 Å². The molecule has 1 atom stereocenters. The molecule has 0 aliphatic rings. The second-order valence-electron chi connectivity index (χ2n) is 6.19. The zero-order valence-corrected chi connectivity index (χ0v) is 18.9. The summed E-state index contributed by atoms with van der Waals surface area (Å²) in [6, 6.07) is 9.37. The van der Waals surface area contributed by atoms with Gasteiger partial charge < -0.3 is 15.4 Å². The maximum Gasteiger partial charge on any atom is 0.411 e. The van der Waals surface area contributed by atoms with E-state index >= 15 is 0 Å². The third-order valence-electron chi connectivity index (χ3n) is 3.93. The molecule has 156 valence electrons. The Morgan fingerprint density at radius 2 is 1.82 bits per heavy atom. The van der Waals surface area contributed by atoms with Gasteiger partial charge in [0.2, 0.25) is 0 Å². The summed E-state index contributed by atoms with van der Waals surface area (Å²) < 4.78 is 40.9. The molecule has 0 saturated carbocycles. The number of hydrogen-bond donors (Lipinski definition) is 2. The van der Waals surface area contributed by atoms with Gasteiger partial charge in [-0.3, -0.25) is 4.99 Å². The van der Waals surface area contributed by atoms with Crippen molar-refractivity contribution in [2.45, 2.75) is 32.2 Å². The summed E-state index contributed by atoms with van der Waals surface area (Å²) in [6.07, 6.45) is -4.30. The molecular weight excluding hydrogens is 502 g/mol. The molecule has 2 N–H and O–H groups in total. The van der Waals surface area contributed by atoms with Crippen LogP contribution < -0.4 is 10.6 Å². The van der Waals surface area contributed by atoms with Crippen molar-refractivity contribution in [1.82, 2.24) is 10.6 Å². The number of nitrogens with one attached hydrogen (secondary N) is 2. The van der Waals surface area contributed by atoms with Crippen molar-refractivity contribution in [1.29, 1.82) is 0 Å². The normalized spacial score (nSPS) is 13.0. The van der Waals surface area contributed by atoms with Crippen molar-refractivity contribution >= 4 is 41.3 Å². The van der Waals surface area contributed by atoms with Crippen LogP contribution in [0.3, 0.4) is 0 Å². The maximum atomic E-state index is 12.1. The van der Waals surface area contributed by atoms with E-state index in [9.17, 15) is 13.2 Å². The number of nitrogens with zero attached hydrogens (tertiary/aromatic N) is 1. The van der Waals surface area contributed by atoms with Crippen LogP contribution in [0.1, 0.15) is 29.5 Å². The van der Waals surface area contributed by atoms with Gasteiger partial charge in [-0.25, -0.2) is 0 Å². The van der Waals surface area contributed by atoms with Gasteiger partial charge in [-0.05, 0) is 39.4 Å².